The van der Waals surface area contributed by atoms with Gasteiger partial charge in [0.25, 0.3) is 0 Å². The summed E-state index contributed by atoms with van der Waals surface area (Å²) < 4.78 is 1.72. The van der Waals surface area contributed by atoms with Crippen LogP contribution in [0.3, 0.4) is 0 Å². The van der Waals surface area contributed by atoms with Crippen LogP contribution in [0, 0.1) is 6.92 Å². The van der Waals surface area contributed by atoms with E-state index in [0.29, 0.717) is 6.54 Å². The molecule has 0 amide bonds. The minimum atomic E-state index is 0.524. The van der Waals surface area contributed by atoms with Crippen LogP contribution in [0.2, 0.25) is 0 Å². The first-order valence-corrected chi connectivity index (χ1v) is 5.70. The summed E-state index contributed by atoms with van der Waals surface area (Å²) in [4.78, 5) is 8.56. The van der Waals surface area contributed by atoms with Gasteiger partial charge in [0, 0.05) is 19.3 Å². The fraction of sp³-hybridized carbons (Fsp3) is 0.300. The largest absolute Gasteiger partial charge is 0.326 e. The normalized spacial score (nSPS) is 10.7. The smallest absolute Gasteiger partial charge is 0.192 e. The highest BCUT2D eigenvalue weighted by molar-refractivity contribution is 7.99. The van der Waals surface area contributed by atoms with Gasteiger partial charge in [-0.05, 0) is 36.4 Å². The van der Waals surface area contributed by atoms with Crippen LogP contribution in [0.15, 0.2) is 28.6 Å². The van der Waals surface area contributed by atoms with Crippen LogP contribution in [0.25, 0.3) is 0 Å². The predicted octanol–water partition coefficient (Wildman–Crippen LogP) is 1.13. The van der Waals surface area contributed by atoms with Crippen LogP contribution < -0.4 is 5.73 Å². The maximum absolute atomic E-state index is 5.62. The summed E-state index contributed by atoms with van der Waals surface area (Å²) in [7, 11) is 1.86. The van der Waals surface area contributed by atoms with Crippen LogP contribution in [0.1, 0.15) is 11.3 Å². The molecule has 0 radical (unpaired) electrons. The number of rotatable bonds is 3. The first-order chi connectivity index (χ1) is 7.69. The van der Waals surface area contributed by atoms with Gasteiger partial charge < -0.3 is 5.73 Å². The Bertz CT molecular complexity index is 494. The van der Waals surface area contributed by atoms with Crippen molar-refractivity contribution in [3.05, 3.63) is 29.7 Å². The Hall–Kier alpha value is -1.40. The molecule has 0 aliphatic rings. The molecule has 2 rings (SSSR count). The monoisotopic (exact) mass is 235 g/mol. The second-order valence-corrected chi connectivity index (χ2v) is 4.41. The number of nitrogens with zero attached hydrogens (tertiary/aromatic N) is 4. The highest BCUT2D eigenvalue weighted by Gasteiger charge is 2.06. The van der Waals surface area contributed by atoms with Crippen molar-refractivity contribution in [2.45, 2.75) is 23.7 Å². The van der Waals surface area contributed by atoms with Gasteiger partial charge in [-0.2, -0.15) is 5.10 Å². The minimum absolute atomic E-state index is 0.524. The van der Waals surface area contributed by atoms with Crippen LogP contribution in [0.5, 0.6) is 0 Å². The highest BCUT2D eigenvalue weighted by Crippen LogP contribution is 2.24. The molecule has 0 spiro atoms. The lowest BCUT2D eigenvalue weighted by molar-refractivity contribution is 0.684. The molecule has 0 saturated carbocycles. The summed E-state index contributed by atoms with van der Waals surface area (Å²) in [6, 6.07) is 3.97. The Morgan fingerprint density at radius 1 is 1.44 bits per heavy atom. The lowest BCUT2D eigenvalue weighted by Gasteiger charge is -2.04. The molecule has 0 fully saturated rings. The van der Waals surface area contributed by atoms with Crippen molar-refractivity contribution in [1.82, 2.24) is 19.7 Å². The number of pyridine rings is 1. The zero-order chi connectivity index (χ0) is 11.5. The Labute approximate surface area is 98.1 Å². The molecule has 0 bridgehead atoms. The van der Waals surface area contributed by atoms with E-state index in [-0.39, 0.29) is 0 Å². The molecule has 0 aliphatic heterocycles. The van der Waals surface area contributed by atoms with Crippen LogP contribution in [0.4, 0.5) is 0 Å². The topological polar surface area (TPSA) is 69.6 Å². The molecule has 0 aromatic carbocycles. The van der Waals surface area contributed by atoms with E-state index >= 15 is 0 Å². The molecule has 16 heavy (non-hydrogen) atoms. The van der Waals surface area contributed by atoms with Gasteiger partial charge in [0.15, 0.2) is 5.16 Å². The van der Waals surface area contributed by atoms with E-state index in [4.69, 9.17) is 5.73 Å². The molecule has 2 aromatic heterocycles. The van der Waals surface area contributed by atoms with Crippen molar-refractivity contribution in [1.29, 1.82) is 0 Å². The maximum Gasteiger partial charge on any atom is 0.192 e. The first-order valence-electron chi connectivity index (χ1n) is 4.88. The van der Waals surface area contributed by atoms with Crippen molar-refractivity contribution >= 4 is 11.8 Å². The fourth-order valence-corrected chi connectivity index (χ4v) is 2.21. The second kappa shape index (κ2) is 4.63. The van der Waals surface area contributed by atoms with Gasteiger partial charge >= 0.3 is 0 Å². The molecule has 2 heterocycles. The third kappa shape index (κ3) is 2.40. The van der Waals surface area contributed by atoms with Crippen LogP contribution >= 0.6 is 11.8 Å². The van der Waals surface area contributed by atoms with Crippen LogP contribution in [-0.2, 0) is 13.6 Å². The second-order valence-electron chi connectivity index (χ2n) is 3.43. The first kappa shape index (κ1) is 11.1. The summed E-state index contributed by atoms with van der Waals surface area (Å²) >= 11 is 1.49. The SMILES string of the molecule is Cc1cc(CN)cc(Sc2ncnn2C)n1. The van der Waals surface area contributed by atoms with Crippen molar-refractivity contribution in [3.63, 3.8) is 0 Å². The van der Waals surface area contributed by atoms with E-state index in [2.05, 4.69) is 15.1 Å². The fourth-order valence-electron chi connectivity index (χ4n) is 1.35. The van der Waals surface area contributed by atoms with Gasteiger partial charge in [-0.3, -0.25) is 0 Å². The third-order valence-electron chi connectivity index (χ3n) is 2.09. The van der Waals surface area contributed by atoms with E-state index in [1.807, 2.05) is 26.1 Å². The summed E-state index contributed by atoms with van der Waals surface area (Å²) in [5.74, 6) is 0. The summed E-state index contributed by atoms with van der Waals surface area (Å²) in [6.45, 7) is 2.48. The summed E-state index contributed by atoms with van der Waals surface area (Å²) in [5, 5.41) is 5.73. The third-order valence-corrected chi connectivity index (χ3v) is 3.06. The van der Waals surface area contributed by atoms with Gasteiger partial charge in [-0.1, -0.05) is 0 Å². The zero-order valence-electron chi connectivity index (χ0n) is 9.21. The van der Waals surface area contributed by atoms with Crippen molar-refractivity contribution in [3.8, 4) is 0 Å². The number of hydrogen-bond acceptors (Lipinski definition) is 5. The molecule has 6 heteroatoms. The summed E-state index contributed by atoms with van der Waals surface area (Å²) in [6.07, 6.45) is 1.53. The van der Waals surface area contributed by atoms with E-state index in [1.54, 1.807) is 4.68 Å². The maximum atomic E-state index is 5.62. The lowest BCUT2D eigenvalue weighted by Crippen LogP contribution is -1.99. The highest BCUT2D eigenvalue weighted by atomic mass is 32.2. The number of aromatic nitrogens is 4. The standard InChI is InChI=1S/C10H13N5S/c1-7-3-8(5-11)4-9(14-7)16-10-12-6-13-15(10)2/h3-4,6H,5,11H2,1-2H3. The molecule has 0 unspecified atom stereocenters. The predicted molar refractivity (Wildman–Crippen MR) is 62.0 cm³/mol. The Balaban J connectivity index is 2.28. The molecular weight excluding hydrogens is 222 g/mol. The van der Waals surface area contributed by atoms with Gasteiger partial charge in [0.2, 0.25) is 0 Å². The minimum Gasteiger partial charge on any atom is -0.326 e. The number of nitrogens with two attached hydrogens (primary N) is 1. The molecule has 0 saturated heterocycles. The van der Waals surface area contributed by atoms with Gasteiger partial charge in [0.1, 0.15) is 11.4 Å². The Morgan fingerprint density at radius 2 is 2.25 bits per heavy atom. The van der Waals surface area contributed by atoms with E-state index in [0.717, 1.165) is 21.4 Å². The summed E-state index contributed by atoms with van der Waals surface area (Å²) in [5.41, 5.74) is 7.67. The Kier molecular flexibility index (Phi) is 3.21. The quantitative estimate of drug-likeness (QED) is 0.863. The van der Waals surface area contributed by atoms with E-state index in [1.165, 1.54) is 18.1 Å². The number of aryl methyl sites for hydroxylation is 2. The van der Waals surface area contributed by atoms with Gasteiger partial charge in [-0.25, -0.2) is 14.6 Å². The average molecular weight is 235 g/mol. The van der Waals surface area contributed by atoms with Crippen LogP contribution in [-0.4, -0.2) is 19.7 Å². The van der Waals surface area contributed by atoms with Gasteiger partial charge in [0.05, 0.1) is 0 Å². The molecule has 2 N–H and O–H groups in total. The van der Waals surface area contributed by atoms with Gasteiger partial charge in [-0.15, -0.1) is 0 Å². The molecule has 0 atom stereocenters. The zero-order valence-corrected chi connectivity index (χ0v) is 10.0. The lowest BCUT2D eigenvalue weighted by atomic mass is 10.2. The molecular formula is C10H13N5S. The van der Waals surface area contributed by atoms with Crippen molar-refractivity contribution in [2.75, 3.05) is 0 Å². The van der Waals surface area contributed by atoms with Crippen molar-refractivity contribution < 1.29 is 0 Å². The molecule has 84 valence electrons. The Morgan fingerprint density at radius 3 is 2.88 bits per heavy atom. The van der Waals surface area contributed by atoms with E-state index < -0.39 is 0 Å². The van der Waals surface area contributed by atoms with Crippen molar-refractivity contribution in [2.24, 2.45) is 12.8 Å². The van der Waals surface area contributed by atoms with E-state index in [9.17, 15) is 0 Å². The molecule has 2 aromatic rings. The number of hydrogen-bond donors (Lipinski definition) is 1. The average Bonchev–Trinajstić information content (AvgIpc) is 2.63. The molecule has 0 aliphatic carbocycles. The molecule has 5 nitrogen and oxygen atoms in total.